The summed E-state index contributed by atoms with van der Waals surface area (Å²) in [6, 6.07) is 7.60. The summed E-state index contributed by atoms with van der Waals surface area (Å²) >= 11 is 11.4. The van der Waals surface area contributed by atoms with Crippen LogP contribution >= 0.6 is 23.2 Å². The predicted molar refractivity (Wildman–Crippen MR) is 66.3 cm³/mol. The van der Waals surface area contributed by atoms with Crippen LogP contribution in [0.5, 0.6) is 0 Å². The summed E-state index contributed by atoms with van der Waals surface area (Å²) in [5.41, 5.74) is 0.213. The zero-order valence-electron chi connectivity index (χ0n) is 8.88. The molecule has 2 aromatic carbocycles. The number of hydrogen-bond donors (Lipinski definition) is 0. The van der Waals surface area contributed by atoms with Gasteiger partial charge in [-0.1, -0.05) is 23.2 Å². The van der Waals surface area contributed by atoms with Crippen molar-refractivity contribution < 1.29 is 13.6 Å². The SMILES string of the molecule is O=C(c1ccc(Cl)cc1)c1cc(F)c(F)cc1Cl. The van der Waals surface area contributed by atoms with Crippen LogP contribution in [0.3, 0.4) is 0 Å². The maximum atomic E-state index is 13.1. The Bertz CT molecular complexity index is 609. The van der Waals surface area contributed by atoms with Gasteiger partial charge in [-0.3, -0.25) is 4.79 Å². The number of ketones is 1. The minimum atomic E-state index is -1.11. The number of carbonyl (C=O) groups is 1. The van der Waals surface area contributed by atoms with Crippen LogP contribution in [0.25, 0.3) is 0 Å². The molecule has 0 heterocycles. The maximum absolute atomic E-state index is 13.1. The number of benzene rings is 2. The highest BCUT2D eigenvalue weighted by Gasteiger charge is 2.16. The Morgan fingerprint density at radius 2 is 1.50 bits per heavy atom. The molecule has 0 bridgehead atoms. The molecule has 92 valence electrons. The molecule has 0 amide bonds. The minimum Gasteiger partial charge on any atom is -0.289 e. The second-order valence-electron chi connectivity index (χ2n) is 3.58. The zero-order chi connectivity index (χ0) is 13.3. The fraction of sp³-hybridized carbons (Fsp3) is 0. The quantitative estimate of drug-likeness (QED) is 0.587. The number of hydrogen-bond acceptors (Lipinski definition) is 1. The second-order valence-corrected chi connectivity index (χ2v) is 4.43. The molecule has 0 unspecified atom stereocenters. The van der Waals surface area contributed by atoms with Crippen LogP contribution in [0, 0.1) is 11.6 Å². The van der Waals surface area contributed by atoms with E-state index in [-0.39, 0.29) is 10.6 Å². The zero-order valence-corrected chi connectivity index (χ0v) is 10.4. The number of carbonyl (C=O) groups excluding carboxylic acids is 1. The van der Waals surface area contributed by atoms with Crippen LogP contribution in [0.4, 0.5) is 8.78 Å². The highest BCUT2D eigenvalue weighted by Crippen LogP contribution is 2.23. The molecule has 0 aliphatic heterocycles. The van der Waals surface area contributed by atoms with Gasteiger partial charge in [-0.15, -0.1) is 0 Å². The van der Waals surface area contributed by atoms with Crippen molar-refractivity contribution in [3.05, 3.63) is 69.2 Å². The van der Waals surface area contributed by atoms with E-state index in [0.29, 0.717) is 10.6 Å². The van der Waals surface area contributed by atoms with Gasteiger partial charge in [0.25, 0.3) is 0 Å². The number of rotatable bonds is 2. The second kappa shape index (κ2) is 5.04. The van der Waals surface area contributed by atoms with Crippen LogP contribution in [-0.2, 0) is 0 Å². The lowest BCUT2D eigenvalue weighted by Crippen LogP contribution is -2.03. The van der Waals surface area contributed by atoms with Gasteiger partial charge in [0.15, 0.2) is 17.4 Å². The first-order valence-corrected chi connectivity index (χ1v) is 5.69. The van der Waals surface area contributed by atoms with Crippen LogP contribution < -0.4 is 0 Å². The van der Waals surface area contributed by atoms with Crippen LogP contribution in [0.15, 0.2) is 36.4 Å². The molecular weight excluding hydrogens is 281 g/mol. The Kier molecular flexibility index (Phi) is 3.64. The van der Waals surface area contributed by atoms with Crippen molar-refractivity contribution in [3.8, 4) is 0 Å². The van der Waals surface area contributed by atoms with E-state index < -0.39 is 17.4 Å². The molecule has 5 heteroatoms. The maximum Gasteiger partial charge on any atom is 0.194 e. The van der Waals surface area contributed by atoms with Crippen LogP contribution in [-0.4, -0.2) is 5.78 Å². The van der Waals surface area contributed by atoms with Crippen LogP contribution in [0.2, 0.25) is 10.0 Å². The minimum absolute atomic E-state index is 0.0853. The predicted octanol–water partition coefficient (Wildman–Crippen LogP) is 4.50. The van der Waals surface area contributed by atoms with Crippen molar-refractivity contribution in [1.29, 1.82) is 0 Å². The van der Waals surface area contributed by atoms with Crippen molar-refractivity contribution >= 4 is 29.0 Å². The molecular formula is C13H6Cl2F2O. The van der Waals surface area contributed by atoms with E-state index in [1.54, 1.807) is 0 Å². The Hall–Kier alpha value is -1.45. The van der Waals surface area contributed by atoms with E-state index in [4.69, 9.17) is 23.2 Å². The molecule has 0 saturated carbocycles. The molecule has 18 heavy (non-hydrogen) atoms. The van der Waals surface area contributed by atoms with E-state index in [0.717, 1.165) is 12.1 Å². The van der Waals surface area contributed by atoms with E-state index in [9.17, 15) is 13.6 Å². The highest BCUT2D eigenvalue weighted by molar-refractivity contribution is 6.35. The van der Waals surface area contributed by atoms with Gasteiger partial charge in [-0.25, -0.2) is 8.78 Å². The van der Waals surface area contributed by atoms with Crippen molar-refractivity contribution in [1.82, 2.24) is 0 Å². The highest BCUT2D eigenvalue weighted by atomic mass is 35.5. The van der Waals surface area contributed by atoms with Crippen molar-refractivity contribution in [2.24, 2.45) is 0 Å². The van der Waals surface area contributed by atoms with Gasteiger partial charge in [0.2, 0.25) is 0 Å². The van der Waals surface area contributed by atoms with E-state index >= 15 is 0 Å². The molecule has 0 atom stereocenters. The standard InChI is InChI=1S/C13H6Cl2F2O/c14-8-3-1-7(2-4-8)13(18)9-5-11(16)12(17)6-10(9)15/h1-6H. The average Bonchev–Trinajstić information content (AvgIpc) is 2.34. The first-order valence-electron chi connectivity index (χ1n) is 4.94. The summed E-state index contributed by atoms with van der Waals surface area (Å²) in [5.74, 6) is -2.69. The smallest absolute Gasteiger partial charge is 0.194 e. The number of halogens is 4. The average molecular weight is 287 g/mol. The Balaban J connectivity index is 2.46. The van der Waals surface area contributed by atoms with Gasteiger partial charge >= 0.3 is 0 Å². The monoisotopic (exact) mass is 286 g/mol. The van der Waals surface area contributed by atoms with Gasteiger partial charge in [0, 0.05) is 16.1 Å². The van der Waals surface area contributed by atoms with E-state index in [1.807, 2.05) is 0 Å². The summed E-state index contributed by atoms with van der Waals surface area (Å²) in [6.45, 7) is 0. The van der Waals surface area contributed by atoms with Gasteiger partial charge in [-0.2, -0.15) is 0 Å². The van der Waals surface area contributed by atoms with Gasteiger partial charge < -0.3 is 0 Å². The summed E-state index contributed by atoms with van der Waals surface area (Å²) in [4.78, 5) is 12.0. The lowest BCUT2D eigenvalue weighted by Gasteiger charge is -2.05. The van der Waals surface area contributed by atoms with E-state index in [2.05, 4.69) is 0 Å². The normalized spacial score (nSPS) is 10.4. The Morgan fingerprint density at radius 1 is 0.944 bits per heavy atom. The fourth-order valence-electron chi connectivity index (χ4n) is 1.45. The third kappa shape index (κ3) is 2.52. The molecule has 0 saturated heterocycles. The molecule has 0 aliphatic rings. The molecule has 0 aliphatic carbocycles. The Morgan fingerprint density at radius 3 is 2.11 bits per heavy atom. The third-order valence-corrected chi connectivity index (χ3v) is 2.93. The topological polar surface area (TPSA) is 17.1 Å². The molecule has 1 nitrogen and oxygen atoms in total. The molecule has 0 fully saturated rings. The van der Waals surface area contributed by atoms with E-state index in [1.165, 1.54) is 24.3 Å². The molecule has 0 spiro atoms. The summed E-state index contributed by atoms with van der Waals surface area (Å²) < 4.78 is 26.0. The lowest BCUT2D eigenvalue weighted by molar-refractivity contribution is 0.103. The summed E-state index contributed by atoms with van der Waals surface area (Å²) in [7, 11) is 0. The molecule has 0 radical (unpaired) electrons. The molecule has 0 N–H and O–H groups in total. The third-order valence-electron chi connectivity index (χ3n) is 2.36. The van der Waals surface area contributed by atoms with Gasteiger partial charge in [0.1, 0.15) is 0 Å². The van der Waals surface area contributed by atoms with Gasteiger partial charge in [-0.05, 0) is 36.4 Å². The molecule has 0 aromatic heterocycles. The summed E-state index contributed by atoms with van der Waals surface area (Å²) in [5, 5.41) is 0.344. The first kappa shape index (κ1) is 13.0. The largest absolute Gasteiger partial charge is 0.289 e. The molecule has 2 aromatic rings. The fourth-order valence-corrected chi connectivity index (χ4v) is 1.82. The van der Waals surface area contributed by atoms with Crippen molar-refractivity contribution in [2.75, 3.05) is 0 Å². The summed E-state index contributed by atoms with van der Waals surface area (Å²) in [6.07, 6.45) is 0. The van der Waals surface area contributed by atoms with Gasteiger partial charge in [0.05, 0.1) is 5.02 Å². The van der Waals surface area contributed by atoms with Crippen LogP contribution in [0.1, 0.15) is 15.9 Å². The first-order chi connectivity index (χ1) is 8.49. The van der Waals surface area contributed by atoms with Crippen molar-refractivity contribution in [2.45, 2.75) is 0 Å². The van der Waals surface area contributed by atoms with Crippen molar-refractivity contribution in [3.63, 3.8) is 0 Å². The lowest BCUT2D eigenvalue weighted by atomic mass is 10.0. The Labute approximate surface area is 112 Å². The molecule has 2 rings (SSSR count).